The lowest BCUT2D eigenvalue weighted by molar-refractivity contribution is 0.444. The highest BCUT2D eigenvalue weighted by atomic mass is 35.5. The lowest BCUT2D eigenvalue weighted by Crippen LogP contribution is -2.18. The van der Waals surface area contributed by atoms with E-state index in [1.807, 2.05) is 26.0 Å². The highest BCUT2D eigenvalue weighted by molar-refractivity contribution is 6.43. The predicted molar refractivity (Wildman–Crippen MR) is 87.9 cm³/mol. The zero-order valence-corrected chi connectivity index (χ0v) is 13.9. The van der Waals surface area contributed by atoms with Gasteiger partial charge in [-0.1, -0.05) is 47.8 Å². The van der Waals surface area contributed by atoms with Gasteiger partial charge in [0, 0.05) is 23.9 Å². The van der Waals surface area contributed by atoms with E-state index in [-0.39, 0.29) is 6.04 Å². The number of rotatable bonds is 5. The van der Waals surface area contributed by atoms with Crippen LogP contribution >= 0.6 is 34.8 Å². The van der Waals surface area contributed by atoms with Crippen molar-refractivity contribution >= 4 is 34.8 Å². The van der Waals surface area contributed by atoms with Crippen molar-refractivity contribution in [1.82, 2.24) is 10.3 Å². The molecule has 2 rings (SSSR count). The molecule has 0 spiro atoms. The zero-order chi connectivity index (χ0) is 15.4. The summed E-state index contributed by atoms with van der Waals surface area (Å²) in [4.78, 5) is 4.27. The Hall–Kier alpha value is -1.000. The predicted octanol–water partition coefficient (Wildman–Crippen LogP) is 5.50. The number of nitrogens with one attached hydrogen (secondary N) is 1. The molecule has 0 aliphatic heterocycles. The Morgan fingerprint density at radius 3 is 2.62 bits per heavy atom. The fourth-order valence-corrected chi connectivity index (χ4v) is 2.50. The van der Waals surface area contributed by atoms with Gasteiger partial charge in [-0.15, -0.1) is 0 Å². The van der Waals surface area contributed by atoms with Crippen LogP contribution in [0.4, 0.5) is 0 Å². The summed E-state index contributed by atoms with van der Waals surface area (Å²) in [5.74, 6) is 0.918. The minimum absolute atomic E-state index is 0.111. The Morgan fingerprint density at radius 2 is 1.90 bits per heavy atom. The fraction of sp³-hybridized carbons (Fsp3) is 0.267. The lowest BCUT2D eigenvalue weighted by atomic mass is 10.1. The van der Waals surface area contributed by atoms with E-state index in [0.29, 0.717) is 26.7 Å². The minimum Gasteiger partial charge on any atom is -0.437 e. The van der Waals surface area contributed by atoms with E-state index in [0.717, 1.165) is 12.1 Å². The lowest BCUT2D eigenvalue weighted by Gasteiger charge is -2.17. The molecule has 2 aromatic rings. The summed E-state index contributed by atoms with van der Waals surface area (Å²) < 4.78 is 5.82. The van der Waals surface area contributed by atoms with Gasteiger partial charge in [-0.05, 0) is 25.6 Å². The SMILES string of the molecule is CCNC(C)c1cccnc1Oc1cc(Cl)c(Cl)cc1Cl. The van der Waals surface area contributed by atoms with E-state index >= 15 is 0 Å². The number of aromatic nitrogens is 1. The van der Waals surface area contributed by atoms with Gasteiger partial charge in [-0.2, -0.15) is 0 Å². The van der Waals surface area contributed by atoms with Crippen molar-refractivity contribution in [1.29, 1.82) is 0 Å². The summed E-state index contributed by atoms with van der Waals surface area (Å²) in [5, 5.41) is 4.48. The molecule has 0 amide bonds. The van der Waals surface area contributed by atoms with Crippen molar-refractivity contribution < 1.29 is 4.74 Å². The maximum Gasteiger partial charge on any atom is 0.224 e. The Labute approximate surface area is 139 Å². The first-order valence-electron chi connectivity index (χ1n) is 6.53. The first kappa shape index (κ1) is 16.4. The van der Waals surface area contributed by atoms with Crippen LogP contribution in [0.2, 0.25) is 15.1 Å². The van der Waals surface area contributed by atoms with Crippen molar-refractivity contribution in [3.05, 3.63) is 51.1 Å². The van der Waals surface area contributed by atoms with Crippen molar-refractivity contribution in [2.45, 2.75) is 19.9 Å². The van der Waals surface area contributed by atoms with Crippen LogP contribution in [0.5, 0.6) is 11.6 Å². The van der Waals surface area contributed by atoms with Gasteiger partial charge in [-0.25, -0.2) is 4.98 Å². The quantitative estimate of drug-likeness (QED) is 0.726. The topological polar surface area (TPSA) is 34.2 Å². The normalized spacial score (nSPS) is 12.2. The van der Waals surface area contributed by atoms with Gasteiger partial charge in [0.15, 0.2) is 0 Å². The zero-order valence-electron chi connectivity index (χ0n) is 11.7. The van der Waals surface area contributed by atoms with Crippen LogP contribution in [-0.4, -0.2) is 11.5 Å². The molecule has 0 bridgehead atoms. The number of hydrogen-bond donors (Lipinski definition) is 1. The van der Waals surface area contributed by atoms with Crippen molar-refractivity contribution in [3.63, 3.8) is 0 Å². The van der Waals surface area contributed by atoms with Gasteiger partial charge in [0.1, 0.15) is 5.75 Å². The molecular formula is C15H15Cl3N2O. The van der Waals surface area contributed by atoms with Crippen LogP contribution in [0.15, 0.2) is 30.5 Å². The first-order chi connectivity index (χ1) is 10.0. The van der Waals surface area contributed by atoms with Crippen LogP contribution in [-0.2, 0) is 0 Å². The van der Waals surface area contributed by atoms with Gasteiger partial charge in [0.25, 0.3) is 0 Å². The Bertz CT molecular complexity index is 634. The molecule has 1 unspecified atom stereocenters. The van der Waals surface area contributed by atoms with Crippen molar-refractivity contribution in [3.8, 4) is 11.6 Å². The van der Waals surface area contributed by atoms with Crippen LogP contribution < -0.4 is 10.1 Å². The molecule has 21 heavy (non-hydrogen) atoms. The van der Waals surface area contributed by atoms with Gasteiger partial charge in [0.05, 0.1) is 15.1 Å². The molecule has 1 aromatic carbocycles. The Kier molecular flexibility index (Phi) is 5.71. The smallest absolute Gasteiger partial charge is 0.224 e. The second-order valence-electron chi connectivity index (χ2n) is 4.48. The fourth-order valence-electron chi connectivity index (χ4n) is 1.92. The van der Waals surface area contributed by atoms with Crippen LogP contribution in [0.25, 0.3) is 0 Å². The Balaban J connectivity index is 2.34. The summed E-state index contributed by atoms with van der Waals surface area (Å²) in [6, 6.07) is 7.08. The van der Waals surface area contributed by atoms with Crippen LogP contribution in [0.3, 0.4) is 0 Å². The van der Waals surface area contributed by atoms with Gasteiger partial charge in [-0.3, -0.25) is 0 Å². The molecule has 0 fully saturated rings. The van der Waals surface area contributed by atoms with E-state index in [1.54, 1.807) is 18.3 Å². The maximum atomic E-state index is 6.13. The summed E-state index contributed by atoms with van der Waals surface area (Å²) in [6.07, 6.45) is 1.67. The number of halogens is 3. The first-order valence-corrected chi connectivity index (χ1v) is 7.67. The van der Waals surface area contributed by atoms with Crippen LogP contribution in [0, 0.1) is 0 Å². The largest absolute Gasteiger partial charge is 0.437 e. The minimum atomic E-state index is 0.111. The second kappa shape index (κ2) is 7.32. The van der Waals surface area contributed by atoms with Crippen molar-refractivity contribution in [2.75, 3.05) is 6.54 Å². The van der Waals surface area contributed by atoms with E-state index in [1.165, 1.54) is 0 Å². The average Bonchev–Trinajstić information content (AvgIpc) is 2.45. The molecule has 1 aromatic heterocycles. The van der Waals surface area contributed by atoms with E-state index < -0.39 is 0 Å². The summed E-state index contributed by atoms with van der Waals surface area (Å²) in [6.45, 7) is 4.94. The van der Waals surface area contributed by atoms with E-state index in [2.05, 4.69) is 10.3 Å². The second-order valence-corrected chi connectivity index (χ2v) is 5.70. The van der Waals surface area contributed by atoms with Gasteiger partial charge in [0.2, 0.25) is 5.88 Å². The highest BCUT2D eigenvalue weighted by Gasteiger charge is 2.15. The summed E-state index contributed by atoms with van der Waals surface area (Å²) in [5.41, 5.74) is 0.946. The third-order valence-corrected chi connectivity index (χ3v) is 3.98. The molecule has 112 valence electrons. The molecule has 0 saturated carbocycles. The molecule has 1 atom stereocenters. The molecule has 6 heteroatoms. The Morgan fingerprint density at radius 1 is 1.19 bits per heavy atom. The average molecular weight is 346 g/mol. The van der Waals surface area contributed by atoms with Gasteiger partial charge < -0.3 is 10.1 Å². The molecule has 0 radical (unpaired) electrons. The standard InChI is InChI=1S/C15H15Cl3N2O/c1-3-19-9(2)10-5-4-6-20-15(10)21-14-8-12(17)11(16)7-13(14)18/h4-9,19H,3H2,1-2H3. The number of benzene rings is 1. The highest BCUT2D eigenvalue weighted by Crippen LogP contribution is 2.37. The number of ether oxygens (including phenoxy) is 1. The maximum absolute atomic E-state index is 6.13. The number of pyridine rings is 1. The molecule has 3 nitrogen and oxygen atoms in total. The molecule has 1 N–H and O–H groups in total. The van der Waals surface area contributed by atoms with E-state index in [9.17, 15) is 0 Å². The molecule has 0 saturated heterocycles. The van der Waals surface area contributed by atoms with Gasteiger partial charge >= 0.3 is 0 Å². The summed E-state index contributed by atoms with van der Waals surface area (Å²) in [7, 11) is 0. The molecule has 0 aliphatic rings. The molecular weight excluding hydrogens is 331 g/mol. The number of nitrogens with zero attached hydrogens (tertiary/aromatic N) is 1. The van der Waals surface area contributed by atoms with Crippen LogP contribution in [0.1, 0.15) is 25.5 Å². The third kappa shape index (κ3) is 4.01. The number of hydrogen-bond acceptors (Lipinski definition) is 3. The van der Waals surface area contributed by atoms with E-state index in [4.69, 9.17) is 39.5 Å². The molecule has 1 heterocycles. The monoisotopic (exact) mass is 344 g/mol. The third-order valence-electron chi connectivity index (χ3n) is 2.96. The molecule has 0 aliphatic carbocycles. The summed E-state index contributed by atoms with van der Waals surface area (Å²) >= 11 is 18.0. The van der Waals surface area contributed by atoms with Crippen molar-refractivity contribution in [2.24, 2.45) is 0 Å².